The molecule has 156 valence electrons. The van der Waals surface area contributed by atoms with Crippen molar-refractivity contribution < 1.29 is 23.2 Å². The van der Waals surface area contributed by atoms with Crippen LogP contribution in [0.25, 0.3) is 0 Å². The molecule has 1 aliphatic heterocycles. The zero-order valence-corrected chi connectivity index (χ0v) is 17.0. The van der Waals surface area contributed by atoms with Crippen LogP contribution in [0.3, 0.4) is 0 Å². The standard InChI is InChI=1S/C23H24N2O5/c1-16-7-8-21(28-2)20(11-16)25-13-17(12-22(25)26)23(27)24(14-18-5-3-9-29-18)15-19-6-4-10-30-19/h3-11,17H,12-15H2,1-2H3/t17-/m1/s1. The molecule has 0 bridgehead atoms. The Morgan fingerprint density at radius 3 is 2.37 bits per heavy atom. The van der Waals surface area contributed by atoms with Crippen molar-refractivity contribution in [1.82, 2.24) is 4.90 Å². The van der Waals surface area contributed by atoms with Crippen LogP contribution in [-0.4, -0.2) is 30.4 Å². The van der Waals surface area contributed by atoms with Crippen molar-refractivity contribution in [2.75, 3.05) is 18.6 Å². The summed E-state index contributed by atoms with van der Waals surface area (Å²) in [5.41, 5.74) is 1.71. The fourth-order valence-corrected chi connectivity index (χ4v) is 3.77. The summed E-state index contributed by atoms with van der Waals surface area (Å²) in [7, 11) is 1.58. The van der Waals surface area contributed by atoms with Gasteiger partial charge in [0.1, 0.15) is 17.3 Å². The number of aryl methyl sites for hydroxylation is 1. The molecule has 3 aromatic rings. The maximum atomic E-state index is 13.4. The van der Waals surface area contributed by atoms with E-state index in [0.717, 1.165) is 5.56 Å². The molecule has 1 saturated heterocycles. The molecule has 0 radical (unpaired) electrons. The fraction of sp³-hybridized carbons (Fsp3) is 0.304. The van der Waals surface area contributed by atoms with Crippen LogP contribution in [0.15, 0.2) is 63.8 Å². The first-order chi connectivity index (χ1) is 14.5. The lowest BCUT2D eigenvalue weighted by Gasteiger charge is -2.24. The van der Waals surface area contributed by atoms with Crippen LogP contribution in [0.2, 0.25) is 0 Å². The lowest BCUT2D eigenvalue weighted by atomic mass is 10.1. The molecule has 4 rings (SSSR count). The number of methoxy groups -OCH3 is 1. The first-order valence-electron chi connectivity index (χ1n) is 9.83. The monoisotopic (exact) mass is 408 g/mol. The van der Waals surface area contributed by atoms with E-state index >= 15 is 0 Å². The summed E-state index contributed by atoms with van der Waals surface area (Å²) in [5.74, 6) is 1.32. The Hall–Kier alpha value is -3.48. The summed E-state index contributed by atoms with van der Waals surface area (Å²) in [5, 5.41) is 0. The molecule has 1 atom stereocenters. The maximum Gasteiger partial charge on any atom is 0.228 e. The molecular formula is C23H24N2O5. The molecule has 1 fully saturated rings. The number of nitrogens with zero attached hydrogens (tertiary/aromatic N) is 2. The lowest BCUT2D eigenvalue weighted by molar-refractivity contribution is -0.137. The maximum absolute atomic E-state index is 13.4. The number of rotatable bonds is 7. The second-order valence-electron chi connectivity index (χ2n) is 7.43. The van der Waals surface area contributed by atoms with Crippen molar-refractivity contribution in [2.45, 2.75) is 26.4 Å². The average Bonchev–Trinajstić information content (AvgIpc) is 3.49. The second kappa shape index (κ2) is 8.49. The van der Waals surface area contributed by atoms with Crippen LogP contribution in [0, 0.1) is 12.8 Å². The van der Waals surface area contributed by atoms with Gasteiger partial charge in [0.25, 0.3) is 0 Å². The van der Waals surface area contributed by atoms with Crippen molar-refractivity contribution in [3.8, 4) is 5.75 Å². The Labute approximate surface area is 174 Å². The molecular weight excluding hydrogens is 384 g/mol. The van der Waals surface area contributed by atoms with E-state index in [2.05, 4.69) is 0 Å². The van der Waals surface area contributed by atoms with E-state index in [9.17, 15) is 9.59 Å². The molecule has 1 aromatic carbocycles. The molecule has 3 heterocycles. The van der Waals surface area contributed by atoms with Crippen LogP contribution >= 0.6 is 0 Å². The third-order valence-corrected chi connectivity index (χ3v) is 5.26. The molecule has 2 amide bonds. The van der Waals surface area contributed by atoms with Gasteiger partial charge >= 0.3 is 0 Å². The Kier molecular flexibility index (Phi) is 5.61. The van der Waals surface area contributed by atoms with Gasteiger partial charge in [0.05, 0.1) is 44.3 Å². The minimum atomic E-state index is -0.451. The minimum absolute atomic E-state index is 0.0896. The topological polar surface area (TPSA) is 76.1 Å². The van der Waals surface area contributed by atoms with Gasteiger partial charge in [0.2, 0.25) is 11.8 Å². The number of carbonyl (C=O) groups is 2. The predicted octanol–water partition coefficient (Wildman–Crippen LogP) is 3.77. The van der Waals surface area contributed by atoms with Crippen LogP contribution in [-0.2, 0) is 22.7 Å². The highest BCUT2D eigenvalue weighted by molar-refractivity contribution is 6.01. The van der Waals surface area contributed by atoms with Gasteiger partial charge < -0.3 is 23.4 Å². The highest BCUT2D eigenvalue weighted by Crippen LogP contribution is 2.34. The predicted molar refractivity (Wildman–Crippen MR) is 110 cm³/mol. The molecule has 7 heteroatoms. The van der Waals surface area contributed by atoms with Gasteiger partial charge in [-0.15, -0.1) is 0 Å². The SMILES string of the molecule is COc1ccc(C)cc1N1C[C@H](C(=O)N(Cc2ccco2)Cc2ccco2)CC1=O. The van der Waals surface area contributed by atoms with Crippen LogP contribution in [0.4, 0.5) is 5.69 Å². The van der Waals surface area contributed by atoms with Gasteiger partial charge in [-0.25, -0.2) is 0 Å². The molecule has 7 nitrogen and oxygen atoms in total. The van der Waals surface area contributed by atoms with Gasteiger partial charge in [0, 0.05) is 13.0 Å². The van der Waals surface area contributed by atoms with Crippen molar-refractivity contribution in [3.05, 3.63) is 72.1 Å². The van der Waals surface area contributed by atoms with Gasteiger partial charge in [-0.1, -0.05) is 6.07 Å². The summed E-state index contributed by atoms with van der Waals surface area (Å²) in [6.07, 6.45) is 3.31. The van der Waals surface area contributed by atoms with E-state index in [-0.39, 0.29) is 18.2 Å². The number of hydrogen-bond donors (Lipinski definition) is 0. The van der Waals surface area contributed by atoms with E-state index in [4.69, 9.17) is 13.6 Å². The molecule has 30 heavy (non-hydrogen) atoms. The largest absolute Gasteiger partial charge is 0.495 e. The van der Waals surface area contributed by atoms with Gasteiger partial charge in [-0.05, 0) is 48.9 Å². The molecule has 0 unspecified atom stereocenters. The van der Waals surface area contributed by atoms with Gasteiger partial charge in [0.15, 0.2) is 0 Å². The average molecular weight is 408 g/mol. The highest BCUT2D eigenvalue weighted by Gasteiger charge is 2.38. The number of hydrogen-bond acceptors (Lipinski definition) is 5. The van der Waals surface area contributed by atoms with Crippen molar-refractivity contribution in [3.63, 3.8) is 0 Å². The summed E-state index contributed by atoms with van der Waals surface area (Å²) in [4.78, 5) is 29.5. The third kappa shape index (κ3) is 4.10. The van der Waals surface area contributed by atoms with E-state index in [1.54, 1.807) is 41.6 Å². The summed E-state index contributed by atoms with van der Waals surface area (Å²) < 4.78 is 16.3. The molecule has 0 aliphatic carbocycles. The summed E-state index contributed by atoms with van der Waals surface area (Å²) in [6, 6.07) is 12.9. The number of furan rings is 2. The van der Waals surface area contributed by atoms with E-state index < -0.39 is 5.92 Å². The highest BCUT2D eigenvalue weighted by atomic mass is 16.5. The van der Waals surface area contributed by atoms with E-state index in [1.165, 1.54) is 0 Å². The number of anilines is 1. The smallest absolute Gasteiger partial charge is 0.228 e. The van der Waals surface area contributed by atoms with Crippen LogP contribution < -0.4 is 9.64 Å². The van der Waals surface area contributed by atoms with Crippen molar-refractivity contribution in [2.24, 2.45) is 5.92 Å². The Bertz CT molecular complexity index is 974. The molecule has 0 spiro atoms. The normalized spacial score (nSPS) is 16.1. The number of amides is 2. The van der Waals surface area contributed by atoms with E-state index in [0.29, 0.717) is 42.6 Å². The second-order valence-corrected chi connectivity index (χ2v) is 7.43. The molecule has 0 saturated carbocycles. The molecule has 0 N–H and O–H groups in total. The van der Waals surface area contributed by atoms with Crippen LogP contribution in [0.1, 0.15) is 23.5 Å². The number of carbonyl (C=O) groups excluding carboxylic acids is 2. The zero-order chi connectivity index (χ0) is 21.1. The molecule has 1 aliphatic rings. The Balaban J connectivity index is 1.55. The van der Waals surface area contributed by atoms with Crippen molar-refractivity contribution >= 4 is 17.5 Å². The number of benzene rings is 1. The quantitative estimate of drug-likeness (QED) is 0.595. The van der Waals surface area contributed by atoms with Crippen molar-refractivity contribution in [1.29, 1.82) is 0 Å². The first-order valence-corrected chi connectivity index (χ1v) is 9.83. The molecule has 2 aromatic heterocycles. The van der Waals surface area contributed by atoms with Gasteiger partial charge in [-0.3, -0.25) is 9.59 Å². The van der Waals surface area contributed by atoms with E-state index in [1.807, 2.05) is 37.3 Å². The third-order valence-electron chi connectivity index (χ3n) is 5.26. The Morgan fingerprint density at radius 1 is 1.13 bits per heavy atom. The van der Waals surface area contributed by atoms with Crippen LogP contribution in [0.5, 0.6) is 5.75 Å². The Morgan fingerprint density at radius 2 is 1.80 bits per heavy atom. The summed E-state index contributed by atoms with van der Waals surface area (Å²) >= 11 is 0. The number of ether oxygens (including phenoxy) is 1. The summed E-state index contributed by atoms with van der Waals surface area (Å²) in [6.45, 7) is 2.89. The fourth-order valence-electron chi connectivity index (χ4n) is 3.77. The first kappa shape index (κ1) is 19.8. The lowest BCUT2D eigenvalue weighted by Crippen LogP contribution is -2.36. The minimum Gasteiger partial charge on any atom is -0.495 e. The zero-order valence-electron chi connectivity index (χ0n) is 17.0. The van der Waals surface area contributed by atoms with Gasteiger partial charge in [-0.2, -0.15) is 0 Å².